The summed E-state index contributed by atoms with van der Waals surface area (Å²) in [4.78, 5) is 11.7. The number of hydrogen-bond acceptors (Lipinski definition) is 6. The van der Waals surface area contributed by atoms with Crippen molar-refractivity contribution in [3.63, 3.8) is 0 Å². The molecule has 2 aromatic rings. The molecule has 0 bridgehead atoms. The van der Waals surface area contributed by atoms with Crippen molar-refractivity contribution in [1.29, 1.82) is 0 Å². The Labute approximate surface area is 210 Å². The van der Waals surface area contributed by atoms with E-state index < -0.39 is 5.79 Å². The van der Waals surface area contributed by atoms with E-state index in [1.54, 1.807) is 18.2 Å². The lowest BCUT2D eigenvalue weighted by Gasteiger charge is -2.25. The molecule has 1 saturated heterocycles. The van der Waals surface area contributed by atoms with Gasteiger partial charge in [0.25, 0.3) is 0 Å². The van der Waals surface area contributed by atoms with Crippen molar-refractivity contribution < 1.29 is 28.8 Å². The van der Waals surface area contributed by atoms with Gasteiger partial charge in [-0.3, -0.25) is 4.79 Å². The number of unbranched alkanes of at least 4 members (excludes halogenated alkanes) is 1. The molecule has 0 saturated carbocycles. The molecule has 1 aliphatic rings. The van der Waals surface area contributed by atoms with E-state index in [4.69, 9.17) is 42.1 Å². The fourth-order valence-corrected chi connectivity index (χ4v) is 4.89. The predicted octanol–water partition coefficient (Wildman–Crippen LogP) is 6.07. The van der Waals surface area contributed by atoms with Gasteiger partial charge in [0, 0.05) is 12.0 Å². The van der Waals surface area contributed by atoms with Crippen molar-refractivity contribution in [2.75, 3.05) is 27.4 Å². The van der Waals surface area contributed by atoms with Crippen molar-refractivity contribution >= 4 is 35.1 Å². The van der Waals surface area contributed by atoms with E-state index in [-0.39, 0.29) is 6.61 Å². The van der Waals surface area contributed by atoms with Crippen molar-refractivity contribution in [1.82, 2.24) is 0 Å². The second kappa shape index (κ2) is 12.0. The van der Waals surface area contributed by atoms with Gasteiger partial charge < -0.3 is 24.1 Å². The maximum Gasteiger partial charge on any atom is 0.168 e. The number of aldehydes is 1. The summed E-state index contributed by atoms with van der Waals surface area (Å²) in [5.74, 6) is 0.230. The highest BCUT2D eigenvalue weighted by Gasteiger charge is 2.33. The summed E-state index contributed by atoms with van der Waals surface area (Å²) in [7, 11) is 2.98. The molecule has 1 fully saturated rings. The van der Waals surface area contributed by atoms with E-state index in [0.717, 1.165) is 42.4 Å². The minimum Gasteiger partial charge on any atom is -0.495 e. The highest BCUT2D eigenvalue weighted by molar-refractivity contribution is 6.33. The van der Waals surface area contributed by atoms with Crippen LogP contribution < -0.4 is 9.47 Å². The van der Waals surface area contributed by atoms with Gasteiger partial charge in [-0.1, -0.05) is 36.2 Å². The third kappa shape index (κ3) is 5.75. The number of allylic oxidation sites excluding steroid dienone is 1. The lowest BCUT2D eigenvalue weighted by molar-refractivity contribution is -0.164. The average Bonchev–Trinajstić information content (AvgIpc) is 3.32. The van der Waals surface area contributed by atoms with Crippen LogP contribution in [0.1, 0.15) is 59.7 Å². The van der Waals surface area contributed by atoms with E-state index in [1.807, 2.05) is 6.07 Å². The first kappa shape index (κ1) is 26.5. The smallest absolute Gasteiger partial charge is 0.168 e. The summed E-state index contributed by atoms with van der Waals surface area (Å²) in [6.45, 7) is 3.05. The van der Waals surface area contributed by atoms with Crippen LogP contribution in [0.2, 0.25) is 10.0 Å². The van der Waals surface area contributed by atoms with Crippen LogP contribution >= 0.6 is 23.2 Å². The van der Waals surface area contributed by atoms with Gasteiger partial charge in [0.15, 0.2) is 12.1 Å². The first-order chi connectivity index (χ1) is 16.4. The Morgan fingerprint density at radius 2 is 1.68 bits per heavy atom. The van der Waals surface area contributed by atoms with Crippen LogP contribution in [0.15, 0.2) is 30.3 Å². The van der Waals surface area contributed by atoms with Gasteiger partial charge in [-0.25, -0.2) is 0 Å². The van der Waals surface area contributed by atoms with Crippen molar-refractivity contribution in [2.45, 2.75) is 45.0 Å². The molecule has 0 amide bonds. The van der Waals surface area contributed by atoms with Crippen LogP contribution in [0.5, 0.6) is 11.5 Å². The van der Waals surface area contributed by atoms with Gasteiger partial charge in [-0.2, -0.15) is 0 Å². The van der Waals surface area contributed by atoms with Crippen LogP contribution in [-0.4, -0.2) is 44.6 Å². The van der Waals surface area contributed by atoms with Crippen LogP contribution in [0, 0.1) is 0 Å². The third-order valence-electron chi connectivity index (χ3n) is 5.98. The molecule has 0 aromatic heterocycles. The maximum absolute atomic E-state index is 11.7. The summed E-state index contributed by atoms with van der Waals surface area (Å²) in [6, 6.07) is 7.09. The number of hydrogen-bond donors (Lipinski definition) is 1. The monoisotopic (exact) mass is 508 g/mol. The molecule has 2 aromatic carbocycles. The van der Waals surface area contributed by atoms with Gasteiger partial charge in [-0.05, 0) is 60.2 Å². The number of aliphatic hydroxyl groups excluding tert-OH is 1. The topological polar surface area (TPSA) is 74.2 Å². The lowest BCUT2D eigenvalue weighted by Crippen LogP contribution is -2.28. The molecule has 1 aliphatic heterocycles. The first-order valence-corrected chi connectivity index (χ1v) is 12.0. The highest BCUT2D eigenvalue weighted by Crippen LogP contribution is 2.38. The van der Waals surface area contributed by atoms with E-state index >= 15 is 0 Å². The lowest BCUT2D eigenvalue weighted by atomic mass is 9.93. The van der Waals surface area contributed by atoms with E-state index in [2.05, 4.69) is 13.0 Å². The van der Waals surface area contributed by atoms with Crippen molar-refractivity contribution in [2.24, 2.45) is 0 Å². The van der Waals surface area contributed by atoms with Gasteiger partial charge in [0.2, 0.25) is 0 Å². The quantitative estimate of drug-likeness (QED) is 0.293. The van der Waals surface area contributed by atoms with Gasteiger partial charge in [0.1, 0.15) is 11.5 Å². The molecule has 6 nitrogen and oxygen atoms in total. The van der Waals surface area contributed by atoms with Gasteiger partial charge in [0.05, 0.1) is 49.6 Å². The SMILES string of the molecule is CCC1(CCC/C=C(/c2cc(Cl)c(OC)c(C=O)c2)c2cc(Cl)c(OC)c(CO)c2)OCCO1. The Balaban J connectivity index is 2.02. The van der Waals surface area contributed by atoms with E-state index in [1.165, 1.54) is 14.2 Å². The van der Waals surface area contributed by atoms with Crippen LogP contribution in [-0.2, 0) is 16.1 Å². The summed E-state index contributed by atoms with van der Waals surface area (Å²) < 4.78 is 22.3. The molecule has 0 atom stereocenters. The molecule has 0 aliphatic carbocycles. The molecular formula is C26H30Cl2O6. The second-order valence-electron chi connectivity index (χ2n) is 7.98. The number of ether oxygens (including phenoxy) is 4. The normalized spacial score (nSPS) is 15.4. The number of halogens is 2. The highest BCUT2D eigenvalue weighted by atomic mass is 35.5. The predicted molar refractivity (Wildman–Crippen MR) is 133 cm³/mol. The minimum atomic E-state index is -0.518. The molecule has 1 N–H and O–H groups in total. The van der Waals surface area contributed by atoms with Crippen LogP contribution in [0.3, 0.4) is 0 Å². The van der Waals surface area contributed by atoms with Crippen molar-refractivity contribution in [3.05, 3.63) is 62.6 Å². The van der Waals surface area contributed by atoms with Crippen LogP contribution in [0.25, 0.3) is 5.57 Å². The molecule has 1 heterocycles. The molecule has 184 valence electrons. The molecular weight excluding hydrogens is 479 g/mol. The summed E-state index contributed by atoms with van der Waals surface area (Å²) >= 11 is 12.9. The Kier molecular flexibility index (Phi) is 9.39. The number of aliphatic hydroxyl groups is 1. The largest absolute Gasteiger partial charge is 0.495 e. The Morgan fingerprint density at radius 1 is 1.06 bits per heavy atom. The standard InChI is InChI=1S/C26H30Cl2O6/c1-4-26(33-9-10-34-26)8-6-5-7-21(17-11-19(15-29)24(31-2)22(27)13-17)18-12-20(16-30)25(32-3)23(28)14-18/h7,11-15,30H,4-6,8-10,16H2,1-3H3/b21-7-. The van der Waals surface area contributed by atoms with E-state index in [0.29, 0.717) is 52.2 Å². The molecule has 8 heteroatoms. The Bertz CT molecular complexity index is 1040. The van der Waals surface area contributed by atoms with Gasteiger partial charge in [-0.15, -0.1) is 0 Å². The minimum absolute atomic E-state index is 0.235. The third-order valence-corrected chi connectivity index (χ3v) is 6.54. The molecule has 0 spiro atoms. The first-order valence-electron chi connectivity index (χ1n) is 11.2. The second-order valence-corrected chi connectivity index (χ2v) is 8.79. The molecule has 3 rings (SSSR count). The Morgan fingerprint density at radius 3 is 2.24 bits per heavy atom. The zero-order chi connectivity index (χ0) is 24.7. The average molecular weight is 509 g/mol. The van der Waals surface area contributed by atoms with E-state index in [9.17, 15) is 9.90 Å². The zero-order valence-corrected chi connectivity index (χ0v) is 21.2. The molecule has 0 radical (unpaired) electrons. The number of carbonyl (C=O) groups is 1. The number of benzene rings is 2. The van der Waals surface area contributed by atoms with Gasteiger partial charge >= 0.3 is 0 Å². The van der Waals surface area contributed by atoms with Crippen molar-refractivity contribution in [3.8, 4) is 11.5 Å². The fourth-order valence-electron chi connectivity index (χ4n) is 4.27. The summed E-state index contributed by atoms with van der Waals surface area (Å²) in [5, 5.41) is 10.6. The maximum atomic E-state index is 11.7. The summed E-state index contributed by atoms with van der Waals surface area (Å²) in [6.07, 6.45) is 5.90. The van der Waals surface area contributed by atoms with Crippen LogP contribution in [0.4, 0.5) is 0 Å². The summed E-state index contributed by atoms with van der Waals surface area (Å²) in [5.41, 5.74) is 3.23. The fraction of sp³-hybridized carbons (Fsp3) is 0.423. The zero-order valence-electron chi connectivity index (χ0n) is 19.7. The Hall–Kier alpha value is -2.09. The molecule has 34 heavy (non-hydrogen) atoms. The molecule has 0 unspecified atom stereocenters. The number of methoxy groups -OCH3 is 2. The number of carbonyl (C=O) groups excluding carboxylic acids is 1. The number of rotatable bonds is 11.